The summed E-state index contributed by atoms with van der Waals surface area (Å²) in [7, 11) is 2.70. The van der Waals surface area contributed by atoms with E-state index < -0.39 is 0 Å². The standard InChI is InChI=1S/C14H11ClOS2/c1-10-2-8-13(9-3-10)17-18-14(16)11-4-6-12(15)7-5-11/h2-9H,1H3. The van der Waals surface area contributed by atoms with Crippen molar-refractivity contribution in [3.05, 3.63) is 64.7 Å². The fourth-order valence-electron chi connectivity index (χ4n) is 1.31. The van der Waals surface area contributed by atoms with Crippen LogP contribution in [0.1, 0.15) is 15.9 Å². The largest absolute Gasteiger partial charge is 0.281 e. The summed E-state index contributed by atoms with van der Waals surface area (Å²) in [5, 5.41) is 0.681. The first-order valence-corrected chi connectivity index (χ1v) is 7.89. The summed E-state index contributed by atoms with van der Waals surface area (Å²) in [5.74, 6) is 0. The molecule has 2 aromatic rings. The number of benzene rings is 2. The number of halogens is 1. The van der Waals surface area contributed by atoms with Gasteiger partial charge in [0.15, 0.2) is 0 Å². The molecule has 0 aromatic heterocycles. The predicted octanol–water partition coefficient (Wildman–Crippen LogP) is 5.23. The van der Waals surface area contributed by atoms with Crippen molar-refractivity contribution < 1.29 is 4.79 Å². The molecule has 0 heterocycles. The third-order valence-corrected chi connectivity index (χ3v) is 4.78. The Morgan fingerprint density at radius 1 is 1.00 bits per heavy atom. The maximum Gasteiger partial charge on any atom is 0.230 e. The zero-order valence-electron chi connectivity index (χ0n) is 9.72. The lowest BCUT2D eigenvalue weighted by atomic mass is 10.2. The molecule has 0 bridgehead atoms. The van der Waals surface area contributed by atoms with Crippen LogP contribution >= 0.6 is 33.2 Å². The van der Waals surface area contributed by atoms with Gasteiger partial charge in [-0.2, -0.15) is 0 Å². The fourth-order valence-corrected chi connectivity index (χ4v) is 3.23. The van der Waals surface area contributed by atoms with Crippen molar-refractivity contribution in [3.63, 3.8) is 0 Å². The molecule has 0 N–H and O–H groups in total. The molecule has 18 heavy (non-hydrogen) atoms. The van der Waals surface area contributed by atoms with E-state index in [4.69, 9.17) is 11.6 Å². The van der Waals surface area contributed by atoms with E-state index in [-0.39, 0.29) is 5.12 Å². The van der Waals surface area contributed by atoms with Crippen molar-refractivity contribution in [1.82, 2.24) is 0 Å². The Bertz CT molecular complexity index is 535. The summed E-state index contributed by atoms with van der Waals surface area (Å²) in [6, 6.07) is 15.0. The Hall–Kier alpha value is -0.900. The highest BCUT2D eigenvalue weighted by Gasteiger charge is 2.07. The molecule has 0 unspecified atom stereocenters. The predicted molar refractivity (Wildman–Crippen MR) is 80.4 cm³/mol. The molecule has 2 rings (SSSR count). The van der Waals surface area contributed by atoms with Gasteiger partial charge in [-0.1, -0.05) is 29.3 Å². The van der Waals surface area contributed by atoms with Crippen LogP contribution in [0.4, 0.5) is 0 Å². The second-order valence-corrected chi connectivity index (χ2v) is 6.39. The molecule has 0 spiro atoms. The summed E-state index contributed by atoms with van der Waals surface area (Å²) in [5.41, 5.74) is 1.89. The van der Waals surface area contributed by atoms with Crippen LogP contribution in [0.15, 0.2) is 53.4 Å². The van der Waals surface area contributed by atoms with Gasteiger partial charge in [-0.05, 0) is 64.9 Å². The number of hydrogen-bond acceptors (Lipinski definition) is 3. The van der Waals surface area contributed by atoms with E-state index in [1.807, 2.05) is 31.2 Å². The maximum absolute atomic E-state index is 11.9. The minimum atomic E-state index is 0.0391. The van der Waals surface area contributed by atoms with Crippen LogP contribution in [0.2, 0.25) is 5.02 Å². The monoisotopic (exact) mass is 294 g/mol. The summed E-state index contributed by atoms with van der Waals surface area (Å²) in [6.45, 7) is 2.04. The Labute approximate surface area is 119 Å². The highest BCUT2D eigenvalue weighted by Crippen LogP contribution is 2.33. The van der Waals surface area contributed by atoms with E-state index in [0.29, 0.717) is 10.6 Å². The summed E-state index contributed by atoms with van der Waals surface area (Å²) < 4.78 is 0. The van der Waals surface area contributed by atoms with Gasteiger partial charge in [0.1, 0.15) is 0 Å². The number of carbonyl (C=O) groups excluding carboxylic acids is 1. The Kier molecular flexibility index (Phi) is 4.75. The maximum atomic E-state index is 11.9. The number of aryl methyl sites for hydroxylation is 1. The van der Waals surface area contributed by atoms with Gasteiger partial charge in [-0.15, -0.1) is 0 Å². The molecule has 0 aliphatic carbocycles. The van der Waals surface area contributed by atoms with Crippen LogP contribution in [-0.4, -0.2) is 5.12 Å². The Morgan fingerprint density at radius 3 is 2.22 bits per heavy atom. The van der Waals surface area contributed by atoms with Crippen LogP contribution in [0.25, 0.3) is 0 Å². The molecule has 0 radical (unpaired) electrons. The SMILES string of the molecule is Cc1ccc(SSC(=O)c2ccc(Cl)cc2)cc1. The second kappa shape index (κ2) is 6.32. The first kappa shape index (κ1) is 13.5. The molecule has 1 nitrogen and oxygen atoms in total. The van der Waals surface area contributed by atoms with E-state index in [1.54, 1.807) is 24.3 Å². The summed E-state index contributed by atoms with van der Waals surface area (Å²) >= 11 is 5.78. The molecule has 0 atom stereocenters. The van der Waals surface area contributed by atoms with Gasteiger partial charge in [0.25, 0.3) is 0 Å². The van der Waals surface area contributed by atoms with Gasteiger partial charge >= 0.3 is 0 Å². The van der Waals surface area contributed by atoms with Crippen LogP contribution in [0.5, 0.6) is 0 Å². The van der Waals surface area contributed by atoms with Crippen LogP contribution in [0.3, 0.4) is 0 Å². The quantitative estimate of drug-likeness (QED) is 0.722. The molecule has 0 aliphatic rings. The van der Waals surface area contributed by atoms with E-state index in [1.165, 1.54) is 27.2 Å². The van der Waals surface area contributed by atoms with Crippen molar-refractivity contribution in [2.45, 2.75) is 11.8 Å². The zero-order valence-corrected chi connectivity index (χ0v) is 12.1. The van der Waals surface area contributed by atoms with E-state index >= 15 is 0 Å². The van der Waals surface area contributed by atoms with Gasteiger partial charge in [-0.25, -0.2) is 0 Å². The van der Waals surface area contributed by atoms with Crippen molar-refractivity contribution in [2.75, 3.05) is 0 Å². The minimum absolute atomic E-state index is 0.0391. The number of carbonyl (C=O) groups is 1. The molecule has 0 fully saturated rings. The highest BCUT2D eigenvalue weighted by atomic mass is 35.5. The third-order valence-electron chi connectivity index (χ3n) is 2.31. The first-order chi connectivity index (χ1) is 8.65. The van der Waals surface area contributed by atoms with Crippen molar-refractivity contribution in [2.24, 2.45) is 0 Å². The van der Waals surface area contributed by atoms with E-state index in [9.17, 15) is 4.79 Å². The third kappa shape index (κ3) is 3.80. The topological polar surface area (TPSA) is 17.1 Å². The van der Waals surface area contributed by atoms with Gasteiger partial charge < -0.3 is 0 Å². The summed E-state index contributed by atoms with van der Waals surface area (Å²) in [6.07, 6.45) is 0. The molecular formula is C14H11ClOS2. The Balaban J connectivity index is 1.96. The van der Waals surface area contributed by atoms with Gasteiger partial charge in [-0.3, -0.25) is 4.79 Å². The second-order valence-electron chi connectivity index (χ2n) is 3.77. The van der Waals surface area contributed by atoms with Gasteiger partial charge in [0.05, 0.1) is 0 Å². The zero-order chi connectivity index (χ0) is 13.0. The lowest BCUT2D eigenvalue weighted by molar-refractivity contribution is 0.109. The minimum Gasteiger partial charge on any atom is -0.281 e. The van der Waals surface area contributed by atoms with E-state index in [2.05, 4.69) is 0 Å². The average Bonchev–Trinajstić information content (AvgIpc) is 2.38. The lowest BCUT2D eigenvalue weighted by Crippen LogP contribution is -1.89. The van der Waals surface area contributed by atoms with Crippen molar-refractivity contribution >= 4 is 38.3 Å². The van der Waals surface area contributed by atoms with Crippen LogP contribution in [0, 0.1) is 6.92 Å². The molecule has 2 aromatic carbocycles. The van der Waals surface area contributed by atoms with Crippen LogP contribution < -0.4 is 0 Å². The molecule has 0 saturated heterocycles. The van der Waals surface area contributed by atoms with Gasteiger partial charge in [0, 0.05) is 15.5 Å². The first-order valence-electron chi connectivity index (χ1n) is 5.36. The number of rotatable bonds is 3. The van der Waals surface area contributed by atoms with Crippen LogP contribution in [-0.2, 0) is 0 Å². The fraction of sp³-hybridized carbons (Fsp3) is 0.0714. The lowest BCUT2D eigenvalue weighted by Gasteiger charge is -2.01. The smallest absolute Gasteiger partial charge is 0.230 e. The average molecular weight is 295 g/mol. The molecule has 0 aliphatic heterocycles. The molecule has 4 heteroatoms. The molecule has 0 amide bonds. The molecule has 92 valence electrons. The molecular weight excluding hydrogens is 284 g/mol. The number of hydrogen-bond donors (Lipinski definition) is 0. The van der Waals surface area contributed by atoms with E-state index in [0.717, 1.165) is 4.90 Å². The summed E-state index contributed by atoms with van der Waals surface area (Å²) in [4.78, 5) is 13.0. The van der Waals surface area contributed by atoms with Gasteiger partial charge in [0.2, 0.25) is 5.12 Å². The Morgan fingerprint density at radius 2 is 1.61 bits per heavy atom. The van der Waals surface area contributed by atoms with Crippen molar-refractivity contribution in [3.8, 4) is 0 Å². The van der Waals surface area contributed by atoms with Crippen molar-refractivity contribution in [1.29, 1.82) is 0 Å². The normalized spacial score (nSPS) is 10.3. The molecule has 0 saturated carbocycles. The highest BCUT2D eigenvalue weighted by molar-refractivity contribution is 8.82.